The van der Waals surface area contributed by atoms with Gasteiger partial charge in [-0.2, -0.15) is 0 Å². The van der Waals surface area contributed by atoms with Gasteiger partial charge in [0.25, 0.3) is 0 Å². The number of benzene rings is 2. The average Bonchev–Trinajstić information content (AvgIpc) is 2.61. The largest absolute Gasteiger partial charge is 0.338 e. The van der Waals surface area contributed by atoms with Gasteiger partial charge in [0.2, 0.25) is 5.91 Å². The lowest BCUT2D eigenvalue weighted by atomic mass is 9.82. The third kappa shape index (κ3) is 3.05. The summed E-state index contributed by atoms with van der Waals surface area (Å²) in [5, 5.41) is 0. The van der Waals surface area contributed by atoms with Gasteiger partial charge in [0, 0.05) is 7.05 Å². The fraction of sp³-hybridized carbons (Fsp3) is 0.350. The molecule has 4 heteroatoms. The number of hydrogen-bond donors (Lipinski definition) is 0. The maximum atomic E-state index is 13.5. The van der Waals surface area contributed by atoms with E-state index in [-0.39, 0.29) is 17.9 Å². The van der Waals surface area contributed by atoms with Gasteiger partial charge >= 0.3 is 0 Å². The van der Waals surface area contributed by atoms with Gasteiger partial charge in [0.15, 0.2) is 11.6 Å². The number of amides is 1. The van der Waals surface area contributed by atoms with Crippen LogP contribution in [0.5, 0.6) is 0 Å². The quantitative estimate of drug-likeness (QED) is 0.805. The van der Waals surface area contributed by atoms with Crippen LogP contribution < -0.4 is 0 Å². The Bertz CT molecular complexity index is 759. The number of carbonyl (C=O) groups excluding carboxylic acids is 1. The molecule has 1 aliphatic carbocycles. The third-order valence-electron chi connectivity index (χ3n) is 5.02. The summed E-state index contributed by atoms with van der Waals surface area (Å²) in [5.74, 6) is -1.89. The minimum Gasteiger partial charge on any atom is -0.338 e. The SMILES string of the molecule is CC(c1ccc(F)c(F)c1)N(C)C(=O)C1CCCc2ccccc21. The van der Waals surface area contributed by atoms with Crippen molar-refractivity contribution >= 4 is 5.91 Å². The van der Waals surface area contributed by atoms with Crippen molar-refractivity contribution in [1.82, 2.24) is 4.90 Å². The summed E-state index contributed by atoms with van der Waals surface area (Å²) < 4.78 is 26.6. The number of aryl methyl sites for hydroxylation is 1. The second kappa shape index (κ2) is 6.71. The maximum Gasteiger partial charge on any atom is 0.230 e. The van der Waals surface area contributed by atoms with Crippen molar-refractivity contribution in [1.29, 1.82) is 0 Å². The minimum atomic E-state index is -0.886. The van der Waals surface area contributed by atoms with E-state index < -0.39 is 11.6 Å². The normalized spacial score (nSPS) is 17.9. The summed E-state index contributed by atoms with van der Waals surface area (Å²) >= 11 is 0. The first-order chi connectivity index (χ1) is 11.5. The van der Waals surface area contributed by atoms with Crippen LogP contribution in [-0.2, 0) is 11.2 Å². The smallest absolute Gasteiger partial charge is 0.230 e. The Kier molecular flexibility index (Phi) is 4.65. The van der Waals surface area contributed by atoms with Gasteiger partial charge in [-0.05, 0) is 55.0 Å². The molecule has 0 aromatic heterocycles. The van der Waals surface area contributed by atoms with E-state index in [0.717, 1.165) is 30.9 Å². The molecule has 1 amide bonds. The molecule has 3 rings (SSSR count). The molecular weight excluding hydrogens is 308 g/mol. The van der Waals surface area contributed by atoms with Crippen molar-refractivity contribution in [2.75, 3.05) is 7.05 Å². The standard InChI is InChI=1S/C20H21F2NO/c1-13(15-10-11-18(21)19(22)12-15)23(2)20(24)17-9-5-7-14-6-3-4-8-16(14)17/h3-4,6,8,10-13,17H,5,7,9H2,1-2H3. The average molecular weight is 329 g/mol. The van der Waals surface area contributed by atoms with E-state index >= 15 is 0 Å². The zero-order valence-corrected chi connectivity index (χ0v) is 13.9. The van der Waals surface area contributed by atoms with E-state index in [1.165, 1.54) is 17.7 Å². The summed E-state index contributed by atoms with van der Waals surface area (Å²) in [6.45, 7) is 1.83. The zero-order valence-electron chi connectivity index (χ0n) is 13.9. The highest BCUT2D eigenvalue weighted by Gasteiger charge is 2.30. The van der Waals surface area contributed by atoms with Gasteiger partial charge in [-0.1, -0.05) is 30.3 Å². The molecule has 2 nitrogen and oxygen atoms in total. The molecule has 0 saturated carbocycles. The number of likely N-dealkylation sites (N-methyl/N-ethyl adjacent to an activating group) is 1. The summed E-state index contributed by atoms with van der Waals surface area (Å²) in [6, 6.07) is 11.5. The summed E-state index contributed by atoms with van der Waals surface area (Å²) in [5.41, 5.74) is 2.92. The molecule has 0 aliphatic heterocycles. The molecule has 0 N–H and O–H groups in total. The van der Waals surface area contributed by atoms with E-state index in [4.69, 9.17) is 0 Å². The lowest BCUT2D eigenvalue weighted by Gasteiger charge is -2.32. The molecule has 126 valence electrons. The molecule has 0 saturated heterocycles. The number of nitrogens with zero attached hydrogens (tertiary/aromatic N) is 1. The van der Waals surface area contributed by atoms with Crippen molar-refractivity contribution < 1.29 is 13.6 Å². The fourth-order valence-corrected chi connectivity index (χ4v) is 3.44. The Hall–Kier alpha value is -2.23. The predicted molar refractivity (Wildman–Crippen MR) is 89.7 cm³/mol. The van der Waals surface area contributed by atoms with Crippen molar-refractivity contribution in [2.45, 2.75) is 38.1 Å². The van der Waals surface area contributed by atoms with Crippen LogP contribution in [0, 0.1) is 11.6 Å². The third-order valence-corrected chi connectivity index (χ3v) is 5.02. The molecule has 24 heavy (non-hydrogen) atoms. The second-order valence-corrected chi connectivity index (χ2v) is 6.44. The molecule has 2 unspecified atom stereocenters. The number of rotatable bonds is 3. The molecule has 2 atom stereocenters. The topological polar surface area (TPSA) is 20.3 Å². The van der Waals surface area contributed by atoms with Gasteiger partial charge in [-0.25, -0.2) is 8.78 Å². The summed E-state index contributed by atoms with van der Waals surface area (Å²) in [4.78, 5) is 14.6. The van der Waals surface area contributed by atoms with Crippen LogP contribution in [0.15, 0.2) is 42.5 Å². The van der Waals surface area contributed by atoms with E-state index in [1.807, 2.05) is 25.1 Å². The van der Waals surface area contributed by atoms with Crippen LogP contribution in [0.2, 0.25) is 0 Å². The number of hydrogen-bond acceptors (Lipinski definition) is 1. The molecule has 0 radical (unpaired) electrons. The molecular formula is C20H21F2NO. The first-order valence-corrected chi connectivity index (χ1v) is 8.28. The van der Waals surface area contributed by atoms with E-state index in [9.17, 15) is 13.6 Å². The Labute approximate surface area is 141 Å². The predicted octanol–water partition coefficient (Wildman–Crippen LogP) is 4.60. The number of halogens is 2. The molecule has 0 heterocycles. The number of fused-ring (bicyclic) bond motifs is 1. The molecule has 0 spiro atoms. The molecule has 0 fully saturated rings. The monoisotopic (exact) mass is 329 g/mol. The van der Waals surface area contributed by atoms with E-state index in [0.29, 0.717) is 5.56 Å². The highest BCUT2D eigenvalue weighted by molar-refractivity contribution is 5.84. The highest BCUT2D eigenvalue weighted by atomic mass is 19.2. The Morgan fingerprint density at radius 1 is 1.17 bits per heavy atom. The lowest BCUT2D eigenvalue weighted by Crippen LogP contribution is -2.35. The van der Waals surface area contributed by atoms with Crippen LogP contribution in [0.25, 0.3) is 0 Å². The van der Waals surface area contributed by atoms with Crippen molar-refractivity contribution in [2.24, 2.45) is 0 Å². The van der Waals surface area contributed by atoms with Crippen molar-refractivity contribution in [3.63, 3.8) is 0 Å². The zero-order chi connectivity index (χ0) is 17.3. The van der Waals surface area contributed by atoms with Gasteiger partial charge in [-0.3, -0.25) is 4.79 Å². The Morgan fingerprint density at radius 2 is 1.92 bits per heavy atom. The van der Waals surface area contributed by atoms with E-state index in [2.05, 4.69) is 6.07 Å². The van der Waals surface area contributed by atoms with Gasteiger partial charge in [0.05, 0.1) is 12.0 Å². The summed E-state index contributed by atoms with van der Waals surface area (Å²) in [7, 11) is 1.73. The van der Waals surface area contributed by atoms with Crippen LogP contribution >= 0.6 is 0 Å². The van der Waals surface area contributed by atoms with Gasteiger partial charge < -0.3 is 4.90 Å². The second-order valence-electron chi connectivity index (χ2n) is 6.44. The highest BCUT2D eigenvalue weighted by Crippen LogP contribution is 2.34. The van der Waals surface area contributed by atoms with Crippen LogP contribution in [-0.4, -0.2) is 17.9 Å². The summed E-state index contributed by atoms with van der Waals surface area (Å²) in [6.07, 6.45) is 2.81. The maximum absolute atomic E-state index is 13.5. The Balaban J connectivity index is 1.83. The minimum absolute atomic E-state index is 0.0272. The fourth-order valence-electron chi connectivity index (χ4n) is 3.44. The van der Waals surface area contributed by atoms with Crippen LogP contribution in [0.1, 0.15) is 48.4 Å². The number of carbonyl (C=O) groups is 1. The van der Waals surface area contributed by atoms with Gasteiger partial charge in [-0.15, -0.1) is 0 Å². The van der Waals surface area contributed by atoms with E-state index in [1.54, 1.807) is 11.9 Å². The van der Waals surface area contributed by atoms with Gasteiger partial charge in [0.1, 0.15) is 0 Å². The lowest BCUT2D eigenvalue weighted by molar-refractivity contribution is -0.133. The Morgan fingerprint density at radius 3 is 2.67 bits per heavy atom. The molecule has 1 aliphatic rings. The first-order valence-electron chi connectivity index (χ1n) is 8.28. The molecule has 2 aromatic rings. The van der Waals surface area contributed by atoms with Crippen molar-refractivity contribution in [3.05, 3.63) is 70.8 Å². The first kappa shape index (κ1) is 16.6. The molecule has 2 aromatic carbocycles. The molecule has 0 bridgehead atoms. The van der Waals surface area contributed by atoms with Crippen LogP contribution in [0.4, 0.5) is 8.78 Å². The van der Waals surface area contributed by atoms with Crippen molar-refractivity contribution in [3.8, 4) is 0 Å². The van der Waals surface area contributed by atoms with Crippen LogP contribution in [0.3, 0.4) is 0 Å².